The molecule has 0 aromatic rings. The van der Waals surface area contributed by atoms with Gasteiger partial charge in [0.2, 0.25) is 5.91 Å². The molecule has 2 fully saturated rings. The van der Waals surface area contributed by atoms with Crippen molar-refractivity contribution in [1.29, 1.82) is 0 Å². The fourth-order valence-corrected chi connectivity index (χ4v) is 1.96. The molecule has 0 aromatic carbocycles. The summed E-state index contributed by atoms with van der Waals surface area (Å²) in [4.78, 5) is 34.8. The van der Waals surface area contributed by atoms with Gasteiger partial charge < -0.3 is 10.0 Å². The van der Waals surface area contributed by atoms with Gasteiger partial charge in [-0.3, -0.25) is 9.59 Å². The number of nitrogens with zero attached hydrogens (tertiary/aromatic N) is 1. The summed E-state index contributed by atoms with van der Waals surface area (Å²) in [5, 5.41) is 8.61. The maximum absolute atomic E-state index is 11.5. The van der Waals surface area contributed by atoms with Crippen LogP contribution < -0.4 is 0 Å². The second kappa shape index (κ2) is 3.64. The number of carboxylic acid groups (broad SMARTS) is 1. The average molecular weight is 211 g/mol. The fraction of sp³-hybridized carbons (Fsp3) is 0.700. The molecule has 0 spiro atoms. The van der Waals surface area contributed by atoms with Crippen LogP contribution in [0.15, 0.2) is 0 Å². The van der Waals surface area contributed by atoms with E-state index in [9.17, 15) is 14.4 Å². The molecule has 1 atom stereocenters. The molecule has 5 nitrogen and oxygen atoms in total. The highest BCUT2D eigenvalue weighted by Gasteiger charge is 2.41. The molecular weight excluding hydrogens is 198 g/mol. The average Bonchev–Trinajstić information content (AvgIpc) is 2.92. The maximum atomic E-state index is 11.5. The Balaban J connectivity index is 2.05. The second-order valence-corrected chi connectivity index (χ2v) is 4.21. The molecule has 15 heavy (non-hydrogen) atoms. The van der Waals surface area contributed by atoms with Crippen molar-refractivity contribution < 1.29 is 19.5 Å². The van der Waals surface area contributed by atoms with Gasteiger partial charge in [-0.25, -0.2) is 4.79 Å². The van der Waals surface area contributed by atoms with E-state index >= 15 is 0 Å². The van der Waals surface area contributed by atoms with Crippen molar-refractivity contribution in [3.63, 3.8) is 0 Å². The van der Waals surface area contributed by atoms with Gasteiger partial charge in [0.1, 0.15) is 6.04 Å². The number of Topliss-reactive ketones (excluding diaryl/α,β-unsaturated/α-hetero) is 1. The van der Waals surface area contributed by atoms with E-state index in [1.807, 2.05) is 0 Å². The van der Waals surface area contributed by atoms with Gasteiger partial charge in [0, 0.05) is 13.0 Å². The summed E-state index contributed by atoms with van der Waals surface area (Å²) in [5.74, 6) is -1.88. The smallest absolute Gasteiger partial charge is 0.374 e. The topological polar surface area (TPSA) is 74.7 Å². The molecule has 5 heteroatoms. The first kappa shape index (κ1) is 10.1. The van der Waals surface area contributed by atoms with Crippen LogP contribution in [0.5, 0.6) is 0 Å². The van der Waals surface area contributed by atoms with Crippen molar-refractivity contribution in [2.24, 2.45) is 5.92 Å². The number of carbonyl (C=O) groups excluding carboxylic acids is 2. The van der Waals surface area contributed by atoms with E-state index in [-0.39, 0.29) is 5.91 Å². The van der Waals surface area contributed by atoms with Gasteiger partial charge in [0.15, 0.2) is 0 Å². The van der Waals surface area contributed by atoms with Gasteiger partial charge >= 0.3 is 5.97 Å². The van der Waals surface area contributed by atoms with Gasteiger partial charge in [0.25, 0.3) is 5.78 Å². The van der Waals surface area contributed by atoms with Crippen LogP contribution in [0.2, 0.25) is 0 Å². The third-order valence-corrected chi connectivity index (χ3v) is 2.99. The van der Waals surface area contributed by atoms with Crippen LogP contribution in [0, 0.1) is 5.92 Å². The lowest BCUT2D eigenvalue weighted by Crippen LogP contribution is -2.42. The minimum Gasteiger partial charge on any atom is -0.475 e. The molecule has 1 saturated heterocycles. The molecule has 2 rings (SSSR count). The highest BCUT2D eigenvalue weighted by atomic mass is 16.4. The van der Waals surface area contributed by atoms with Crippen LogP contribution in [0.1, 0.15) is 25.7 Å². The van der Waals surface area contributed by atoms with Crippen LogP contribution in [-0.4, -0.2) is 40.3 Å². The normalized spacial score (nSPS) is 25.7. The lowest BCUT2D eigenvalue weighted by atomic mass is 10.1. The van der Waals surface area contributed by atoms with Crippen LogP contribution in [0.4, 0.5) is 0 Å². The van der Waals surface area contributed by atoms with Crippen LogP contribution in [0.25, 0.3) is 0 Å². The summed E-state index contributed by atoms with van der Waals surface area (Å²) in [7, 11) is 0. The molecule has 82 valence electrons. The Morgan fingerprint density at radius 2 is 2.00 bits per heavy atom. The molecule has 1 N–H and O–H groups in total. The molecule has 0 radical (unpaired) electrons. The molecule has 1 unspecified atom stereocenters. The maximum Gasteiger partial charge on any atom is 0.374 e. The minimum atomic E-state index is -1.43. The Bertz CT molecular complexity index is 321. The van der Waals surface area contributed by atoms with Gasteiger partial charge in [-0.05, 0) is 25.2 Å². The first-order valence-electron chi connectivity index (χ1n) is 5.16. The largest absolute Gasteiger partial charge is 0.475 e. The Labute approximate surface area is 87.1 Å². The molecule has 0 aromatic heterocycles. The van der Waals surface area contributed by atoms with Crippen molar-refractivity contribution in [2.75, 3.05) is 6.54 Å². The van der Waals surface area contributed by atoms with Crippen molar-refractivity contribution in [3.05, 3.63) is 0 Å². The van der Waals surface area contributed by atoms with Crippen molar-refractivity contribution in [2.45, 2.75) is 31.7 Å². The van der Waals surface area contributed by atoms with E-state index in [0.717, 1.165) is 12.8 Å². The minimum absolute atomic E-state index is 0.0819. The van der Waals surface area contributed by atoms with E-state index in [1.54, 1.807) is 0 Å². The van der Waals surface area contributed by atoms with Crippen LogP contribution in [0.3, 0.4) is 0 Å². The third kappa shape index (κ3) is 2.00. The fourth-order valence-electron chi connectivity index (χ4n) is 1.96. The van der Waals surface area contributed by atoms with E-state index in [4.69, 9.17) is 5.11 Å². The number of carbonyl (C=O) groups is 3. The molecular formula is C10H13NO4. The Kier molecular flexibility index (Phi) is 2.46. The van der Waals surface area contributed by atoms with Gasteiger partial charge in [0.05, 0.1) is 0 Å². The summed E-state index contributed by atoms with van der Waals surface area (Å²) in [6, 6.07) is -0.712. The molecule has 1 saturated carbocycles. The standard InChI is InChI=1S/C10H13NO4/c12-8-4-3-7(9(13)10(14)15)11(8)5-6-1-2-6/h6-7H,1-5H2,(H,14,15). The summed E-state index contributed by atoms with van der Waals surface area (Å²) >= 11 is 0. The molecule has 2 aliphatic rings. The summed E-state index contributed by atoms with van der Waals surface area (Å²) in [6.07, 6.45) is 2.82. The lowest BCUT2D eigenvalue weighted by molar-refractivity contribution is -0.152. The second-order valence-electron chi connectivity index (χ2n) is 4.21. The van der Waals surface area contributed by atoms with Gasteiger partial charge in [-0.2, -0.15) is 0 Å². The lowest BCUT2D eigenvalue weighted by Gasteiger charge is -2.22. The molecule has 1 amide bonds. The quantitative estimate of drug-likeness (QED) is 0.666. The monoisotopic (exact) mass is 211 g/mol. The van der Waals surface area contributed by atoms with Crippen molar-refractivity contribution in [3.8, 4) is 0 Å². The van der Waals surface area contributed by atoms with Crippen molar-refractivity contribution >= 4 is 17.7 Å². The Morgan fingerprint density at radius 1 is 1.33 bits per heavy atom. The number of ketones is 1. The first-order chi connectivity index (χ1) is 7.09. The third-order valence-electron chi connectivity index (χ3n) is 2.99. The van der Waals surface area contributed by atoms with Gasteiger partial charge in [-0.1, -0.05) is 0 Å². The van der Waals surface area contributed by atoms with E-state index in [1.165, 1.54) is 4.90 Å². The molecule has 1 aliphatic heterocycles. The van der Waals surface area contributed by atoms with Crippen LogP contribution >= 0.6 is 0 Å². The predicted octanol–water partition coefficient (Wildman–Crippen LogP) is 0.0411. The van der Waals surface area contributed by atoms with E-state index < -0.39 is 17.8 Å². The zero-order chi connectivity index (χ0) is 11.0. The number of likely N-dealkylation sites (tertiary alicyclic amines) is 1. The Hall–Kier alpha value is -1.39. The number of carboxylic acids is 1. The number of rotatable bonds is 4. The molecule has 0 bridgehead atoms. The first-order valence-corrected chi connectivity index (χ1v) is 5.16. The molecule has 1 aliphatic carbocycles. The van der Waals surface area contributed by atoms with E-state index in [0.29, 0.717) is 25.3 Å². The molecule has 1 heterocycles. The highest BCUT2D eigenvalue weighted by molar-refractivity contribution is 6.35. The zero-order valence-corrected chi connectivity index (χ0v) is 8.31. The van der Waals surface area contributed by atoms with Crippen LogP contribution in [-0.2, 0) is 14.4 Å². The summed E-state index contributed by atoms with van der Waals surface area (Å²) in [6.45, 7) is 0.558. The number of hydrogen-bond donors (Lipinski definition) is 1. The van der Waals surface area contributed by atoms with E-state index in [2.05, 4.69) is 0 Å². The van der Waals surface area contributed by atoms with Gasteiger partial charge in [-0.15, -0.1) is 0 Å². The number of amides is 1. The number of aliphatic carboxylic acids is 1. The SMILES string of the molecule is O=C(O)C(=O)C1CCC(=O)N1CC1CC1. The van der Waals surface area contributed by atoms with Crippen molar-refractivity contribution in [1.82, 2.24) is 4.90 Å². The Morgan fingerprint density at radius 3 is 2.53 bits per heavy atom. The zero-order valence-electron chi connectivity index (χ0n) is 8.31. The summed E-state index contributed by atoms with van der Waals surface area (Å²) < 4.78 is 0. The highest BCUT2D eigenvalue weighted by Crippen LogP contribution is 2.32. The predicted molar refractivity (Wildman–Crippen MR) is 50.1 cm³/mol. The number of hydrogen-bond acceptors (Lipinski definition) is 3. The summed E-state index contributed by atoms with van der Waals surface area (Å²) in [5.41, 5.74) is 0.